The maximum Gasteiger partial charge on any atom is 0.242 e. The zero-order valence-electron chi connectivity index (χ0n) is 24.4. The number of aromatic nitrogens is 1. The highest BCUT2D eigenvalue weighted by Crippen LogP contribution is 2.45. The van der Waals surface area contributed by atoms with Crippen molar-refractivity contribution in [1.82, 2.24) is 14.6 Å². The molecule has 2 bridgehead atoms. The quantitative estimate of drug-likeness (QED) is 0.267. The number of anilines is 1. The molecule has 242 valence electrons. The number of aliphatic hydroxyl groups excluding tert-OH is 1. The van der Waals surface area contributed by atoms with Gasteiger partial charge in [-0.05, 0) is 55.2 Å². The number of hydrogen-bond donors (Lipinski definition) is 3. The summed E-state index contributed by atoms with van der Waals surface area (Å²) in [5.41, 5.74) is 0.881. The van der Waals surface area contributed by atoms with Crippen LogP contribution >= 0.6 is 11.3 Å². The predicted molar refractivity (Wildman–Crippen MR) is 160 cm³/mol. The summed E-state index contributed by atoms with van der Waals surface area (Å²) in [5.74, 6) is -2.19. The van der Waals surface area contributed by atoms with E-state index in [1.54, 1.807) is 12.1 Å². The molecule has 45 heavy (non-hydrogen) atoms. The maximum absolute atomic E-state index is 14.0. The Hall–Kier alpha value is -2.79. The third-order valence-corrected chi connectivity index (χ3v) is 11.7. The van der Waals surface area contributed by atoms with Crippen LogP contribution < -0.4 is 10.6 Å². The van der Waals surface area contributed by atoms with Crippen LogP contribution in [-0.4, -0.2) is 92.2 Å². The van der Waals surface area contributed by atoms with E-state index in [9.17, 15) is 27.1 Å². The Kier molecular flexibility index (Phi) is 8.29. The van der Waals surface area contributed by atoms with Crippen LogP contribution in [0.1, 0.15) is 24.8 Å². The number of nitrogens with zero attached hydrogens (tertiary/aromatic N) is 2. The molecule has 1 aromatic heterocycles. The number of fused-ring (bicyclic) bond motifs is 2. The predicted octanol–water partition coefficient (Wildman–Crippen LogP) is 2.63. The summed E-state index contributed by atoms with van der Waals surface area (Å²) in [6.07, 6.45) is -0.258. The van der Waals surface area contributed by atoms with Gasteiger partial charge in [-0.25, -0.2) is 22.2 Å². The molecule has 11 nitrogen and oxygen atoms in total. The fourth-order valence-corrected chi connectivity index (χ4v) is 8.70. The average molecular weight is 665 g/mol. The van der Waals surface area contributed by atoms with Gasteiger partial charge in [0.05, 0.1) is 46.6 Å². The molecule has 3 aliphatic heterocycles. The molecule has 2 unspecified atom stereocenters. The third kappa shape index (κ3) is 6.44. The first-order chi connectivity index (χ1) is 21.5. The largest absolute Gasteiger partial charge is 0.390 e. The lowest BCUT2D eigenvalue weighted by Crippen LogP contribution is -2.50. The Morgan fingerprint density at radius 2 is 1.91 bits per heavy atom. The van der Waals surface area contributed by atoms with E-state index in [1.165, 1.54) is 24.5 Å². The minimum absolute atomic E-state index is 0.0123. The summed E-state index contributed by atoms with van der Waals surface area (Å²) in [7, 11) is -2.72. The number of benzene rings is 2. The smallest absolute Gasteiger partial charge is 0.242 e. The third-order valence-electron chi connectivity index (χ3n) is 8.95. The Balaban J connectivity index is 1.07. The highest BCUT2D eigenvalue weighted by atomic mass is 32.2. The van der Waals surface area contributed by atoms with Gasteiger partial charge < -0.3 is 30.0 Å². The van der Waals surface area contributed by atoms with Gasteiger partial charge >= 0.3 is 0 Å². The van der Waals surface area contributed by atoms with Crippen LogP contribution in [0.25, 0.3) is 10.2 Å². The van der Waals surface area contributed by atoms with E-state index in [1.807, 2.05) is 0 Å². The SMILES string of the molecule is CN(C[C@@H](O)[C@H](Cc1cc(F)cc(F)c1)NC(=O)C[C@H]1C2CO[C@H]3OC[C@@H]1C3O2)S(=O)(=O)c1ccc2nc(NC3CC3)sc2c1. The van der Waals surface area contributed by atoms with Crippen molar-refractivity contribution in [2.45, 2.75) is 67.3 Å². The Morgan fingerprint density at radius 3 is 2.67 bits per heavy atom. The minimum atomic E-state index is -4.06. The average Bonchev–Trinajstić information content (AvgIpc) is 3.44. The summed E-state index contributed by atoms with van der Waals surface area (Å²) >= 11 is 1.37. The first kappa shape index (κ1) is 30.8. The van der Waals surface area contributed by atoms with E-state index in [0.717, 1.165) is 40.5 Å². The summed E-state index contributed by atoms with van der Waals surface area (Å²) < 4.78 is 74.2. The number of halogens is 2. The molecule has 4 aliphatic rings. The lowest BCUT2D eigenvalue weighted by Gasteiger charge is -2.30. The minimum Gasteiger partial charge on any atom is -0.390 e. The molecule has 15 heteroatoms. The number of amides is 1. The van der Waals surface area contributed by atoms with Crippen molar-refractivity contribution in [2.24, 2.45) is 11.8 Å². The monoisotopic (exact) mass is 664 g/mol. The van der Waals surface area contributed by atoms with Crippen molar-refractivity contribution >= 4 is 42.6 Å². The van der Waals surface area contributed by atoms with Crippen LogP contribution in [0.3, 0.4) is 0 Å². The second-order valence-electron chi connectivity index (χ2n) is 12.3. The summed E-state index contributed by atoms with van der Waals surface area (Å²) in [5, 5.41) is 18.2. The molecule has 0 radical (unpaired) electrons. The van der Waals surface area contributed by atoms with Gasteiger partial charge in [0.1, 0.15) is 17.7 Å². The Morgan fingerprint density at radius 1 is 1.16 bits per heavy atom. The molecule has 3 aromatic rings. The lowest BCUT2D eigenvalue weighted by molar-refractivity contribution is -0.228. The zero-order chi connectivity index (χ0) is 31.5. The molecule has 0 spiro atoms. The van der Waals surface area contributed by atoms with Crippen molar-refractivity contribution in [1.29, 1.82) is 0 Å². The van der Waals surface area contributed by atoms with Crippen molar-refractivity contribution < 1.29 is 41.3 Å². The van der Waals surface area contributed by atoms with E-state index in [4.69, 9.17) is 14.2 Å². The molecule has 3 N–H and O–H groups in total. The molecular weight excluding hydrogens is 630 g/mol. The second-order valence-corrected chi connectivity index (χ2v) is 15.4. The Bertz CT molecular complexity index is 1680. The zero-order valence-corrected chi connectivity index (χ0v) is 26.0. The molecule has 2 aromatic carbocycles. The topological polar surface area (TPSA) is 139 Å². The van der Waals surface area contributed by atoms with Gasteiger partial charge in [0.15, 0.2) is 11.4 Å². The van der Waals surface area contributed by atoms with Crippen LogP contribution in [-0.2, 0) is 35.4 Å². The maximum atomic E-state index is 14.0. The normalized spacial score (nSPS) is 27.2. The summed E-state index contributed by atoms with van der Waals surface area (Å²) in [4.78, 5) is 17.9. The van der Waals surface area contributed by atoms with Gasteiger partial charge in [-0.1, -0.05) is 11.3 Å². The fourth-order valence-electron chi connectivity index (χ4n) is 6.43. The first-order valence-electron chi connectivity index (χ1n) is 15.0. The number of rotatable bonds is 12. The number of ether oxygens (including phenoxy) is 3. The number of aliphatic hydroxyl groups is 1. The number of carbonyl (C=O) groups excluding carboxylic acids is 1. The summed E-state index contributed by atoms with van der Waals surface area (Å²) in [6.45, 7) is 0.328. The molecule has 4 fully saturated rings. The van der Waals surface area contributed by atoms with E-state index in [-0.39, 0.29) is 53.9 Å². The first-order valence-corrected chi connectivity index (χ1v) is 17.2. The highest BCUT2D eigenvalue weighted by molar-refractivity contribution is 7.89. The van der Waals surface area contributed by atoms with E-state index in [0.29, 0.717) is 29.5 Å². The number of likely N-dealkylation sites (N-methyl/N-ethyl adjacent to an activating group) is 1. The van der Waals surface area contributed by atoms with Crippen molar-refractivity contribution in [3.63, 3.8) is 0 Å². The molecule has 1 aliphatic carbocycles. The van der Waals surface area contributed by atoms with Crippen molar-refractivity contribution in [3.8, 4) is 0 Å². The van der Waals surface area contributed by atoms with Crippen molar-refractivity contribution in [2.75, 3.05) is 32.1 Å². The number of nitrogens with one attached hydrogen (secondary N) is 2. The fraction of sp³-hybridized carbons (Fsp3) is 0.533. The molecule has 1 amide bonds. The van der Waals surface area contributed by atoms with Crippen LogP contribution in [0.2, 0.25) is 0 Å². The molecule has 7 atom stereocenters. The standard InChI is InChI=1S/C30H34F2N4O7S2/c1-36(45(39,40)19-4-5-22-26(10-19)44-30(35-22)33-18-2-3-18)12-24(37)23(8-15-6-16(31)9-17(32)7-15)34-27(38)11-20-21-13-41-29-28(21)43-25(20)14-42-29/h4-7,9-10,18,20-21,23-25,28-29,37H,2-3,8,11-14H2,1H3,(H,33,35)(H,34,38)/t20-,21+,23+,24-,25?,28?,29-/m1/s1. The number of carbonyl (C=O) groups is 1. The lowest BCUT2D eigenvalue weighted by atomic mass is 9.86. The number of sulfonamides is 1. The van der Waals surface area contributed by atoms with Crippen LogP contribution in [0.5, 0.6) is 0 Å². The van der Waals surface area contributed by atoms with Crippen LogP contribution in [0.15, 0.2) is 41.3 Å². The van der Waals surface area contributed by atoms with Crippen molar-refractivity contribution in [3.05, 3.63) is 53.6 Å². The van der Waals surface area contributed by atoms with Gasteiger partial charge in [-0.3, -0.25) is 4.79 Å². The van der Waals surface area contributed by atoms with E-state index < -0.39 is 46.0 Å². The number of thiazole rings is 1. The van der Waals surface area contributed by atoms with Gasteiger partial charge in [0.2, 0.25) is 15.9 Å². The number of hydrogen-bond acceptors (Lipinski definition) is 10. The highest BCUT2D eigenvalue weighted by Gasteiger charge is 2.56. The molecule has 7 rings (SSSR count). The van der Waals surface area contributed by atoms with Gasteiger partial charge in [-0.15, -0.1) is 0 Å². The molecule has 3 saturated heterocycles. The van der Waals surface area contributed by atoms with Crippen LogP contribution in [0, 0.1) is 23.5 Å². The van der Waals surface area contributed by atoms with E-state index in [2.05, 4.69) is 15.6 Å². The second kappa shape index (κ2) is 12.1. The van der Waals surface area contributed by atoms with Crippen LogP contribution in [0.4, 0.5) is 13.9 Å². The van der Waals surface area contributed by atoms with E-state index >= 15 is 0 Å². The van der Waals surface area contributed by atoms with Gasteiger partial charge in [-0.2, -0.15) is 4.31 Å². The van der Waals surface area contributed by atoms with Gasteiger partial charge in [0, 0.05) is 44.0 Å². The van der Waals surface area contributed by atoms with Gasteiger partial charge in [0.25, 0.3) is 0 Å². The molecule has 4 heterocycles. The molecule has 1 saturated carbocycles. The summed E-state index contributed by atoms with van der Waals surface area (Å²) in [6, 6.07) is 6.99. The molecular formula is C30H34F2N4O7S2. The Labute approximate surface area is 262 Å².